The van der Waals surface area contributed by atoms with Gasteiger partial charge in [-0.2, -0.15) is 0 Å². The first-order chi connectivity index (χ1) is 15.4. The summed E-state index contributed by atoms with van der Waals surface area (Å²) in [5.41, 5.74) is 1.65. The first kappa shape index (κ1) is 27.0. The topological polar surface area (TPSA) is 58.6 Å². The Morgan fingerprint density at radius 1 is 1.03 bits per heavy atom. The van der Waals surface area contributed by atoms with Crippen LogP contribution in [-0.2, 0) is 21.5 Å². The number of benzene rings is 2. The molecular formula is C26H34Cl2N2O3. The number of ether oxygens (including phenoxy) is 1. The summed E-state index contributed by atoms with van der Waals surface area (Å²) in [6, 6.07) is 12.2. The molecule has 0 aliphatic carbocycles. The minimum absolute atomic E-state index is 0.136. The van der Waals surface area contributed by atoms with Crippen molar-refractivity contribution in [3.05, 3.63) is 63.6 Å². The number of para-hydroxylation sites is 1. The maximum Gasteiger partial charge on any atom is 0.261 e. The fraction of sp³-hybridized carbons (Fsp3) is 0.462. The van der Waals surface area contributed by atoms with Crippen LogP contribution in [0.5, 0.6) is 5.75 Å². The van der Waals surface area contributed by atoms with E-state index in [0.717, 1.165) is 11.1 Å². The highest BCUT2D eigenvalue weighted by atomic mass is 35.5. The second-order valence-electron chi connectivity index (χ2n) is 9.62. The van der Waals surface area contributed by atoms with Crippen LogP contribution in [0.2, 0.25) is 10.0 Å². The zero-order valence-electron chi connectivity index (χ0n) is 20.2. The standard InChI is InChI=1S/C26H34Cl2N2O3/c1-17(2)14-29-25(32)18(3)30(15-19-11-12-21(27)22(28)13-19)24(31)16-33-23-10-8-7-9-20(23)26(4,5)6/h7-13,17-18H,14-16H2,1-6H3,(H,29,32). The van der Waals surface area contributed by atoms with Crippen molar-refractivity contribution in [3.63, 3.8) is 0 Å². The number of halogens is 2. The minimum atomic E-state index is -0.688. The molecule has 1 atom stereocenters. The van der Waals surface area contributed by atoms with Crippen LogP contribution in [0.3, 0.4) is 0 Å². The summed E-state index contributed by atoms with van der Waals surface area (Å²) in [7, 11) is 0. The van der Waals surface area contributed by atoms with Crippen molar-refractivity contribution in [3.8, 4) is 5.75 Å². The van der Waals surface area contributed by atoms with Gasteiger partial charge in [0, 0.05) is 13.1 Å². The second-order valence-corrected chi connectivity index (χ2v) is 10.4. The van der Waals surface area contributed by atoms with E-state index < -0.39 is 6.04 Å². The van der Waals surface area contributed by atoms with Crippen LogP contribution in [-0.4, -0.2) is 35.9 Å². The van der Waals surface area contributed by atoms with Crippen molar-refractivity contribution in [2.45, 2.75) is 59.5 Å². The summed E-state index contributed by atoms with van der Waals surface area (Å²) in [6.07, 6.45) is 0. The Hall–Kier alpha value is -2.24. The monoisotopic (exact) mass is 492 g/mol. The summed E-state index contributed by atoms with van der Waals surface area (Å²) in [6.45, 7) is 12.6. The third kappa shape index (κ3) is 7.94. The fourth-order valence-electron chi connectivity index (χ4n) is 3.30. The molecule has 1 N–H and O–H groups in total. The van der Waals surface area contributed by atoms with Gasteiger partial charge in [-0.3, -0.25) is 9.59 Å². The zero-order chi connectivity index (χ0) is 24.8. The van der Waals surface area contributed by atoms with Crippen LogP contribution in [0, 0.1) is 5.92 Å². The van der Waals surface area contributed by atoms with Crippen molar-refractivity contribution in [1.82, 2.24) is 10.2 Å². The van der Waals surface area contributed by atoms with E-state index in [0.29, 0.717) is 28.3 Å². The molecule has 0 saturated heterocycles. The molecule has 33 heavy (non-hydrogen) atoms. The number of nitrogens with zero attached hydrogens (tertiary/aromatic N) is 1. The van der Waals surface area contributed by atoms with Crippen LogP contribution in [0.1, 0.15) is 52.7 Å². The predicted molar refractivity (Wildman–Crippen MR) is 135 cm³/mol. The van der Waals surface area contributed by atoms with Crippen molar-refractivity contribution < 1.29 is 14.3 Å². The SMILES string of the molecule is CC(C)CNC(=O)C(C)N(Cc1ccc(Cl)c(Cl)c1)C(=O)COc1ccccc1C(C)(C)C. The van der Waals surface area contributed by atoms with Gasteiger partial charge in [0.2, 0.25) is 5.91 Å². The molecule has 2 aromatic rings. The normalized spacial score (nSPS) is 12.4. The van der Waals surface area contributed by atoms with Crippen molar-refractivity contribution in [2.24, 2.45) is 5.92 Å². The van der Waals surface area contributed by atoms with Gasteiger partial charge in [-0.1, -0.05) is 82.1 Å². The van der Waals surface area contributed by atoms with Gasteiger partial charge in [-0.25, -0.2) is 0 Å². The highest BCUT2D eigenvalue weighted by Gasteiger charge is 2.27. The van der Waals surface area contributed by atoms with Crippen molar-refractivity contribution in [1.29, 1.82) is 0 Å². The van der Waals surface area contributed by atoms with E-state index in [2.05, 4.69) is 26.1 Å². The first-order valence-electron chi connectivity index (χ1n) is 11.1. The minimum Gasteiger partial charge on any atom is -0.483 e. The van der Waals surface area contributed by atoms with Crippen LogP contribution in [0.15, 0.2) is 42.5 Å². The molecule has 0 aliphatic rings. The van der Waals surface area contributed by atoms with Gasteiger partial charge in [-0.05, 0) is 47.6 Å². The average molecular weight is 493 g/mol. The number of carbonyl (C=O) groups is 2. The van der Waals surface area contributed by atoms with Crippen molar-refractivity contribution >= 4 is 35.0 Å². The van der Waals surface area contributed by atoms with E-state index in [1.807, 2.05) is 38.1 Å². The molecule has 0 saturated carbocycles. The Labute approximate surface area is 207 Å². The lowest BCUT2D eigenvalue weighted by Gasteiger charge is -2.29. The second kappa shape index (κ2) is 11.8. The number of hydrogen-bond donors (Lipinski definition) is 1. The highest BCUT2D eigenvalue weighted by Crippen LogP contribution is 2.31. The molecule has 7 heteroatoms. The molecule has 0 radical (unpaired) electrons. The quantitative estimate of drug-likeness (QED) is 0.476. The molecule has 2 amide bonds. The molecule has 0 aromatic heterocycles. The Kier molecular flexibility index (Phi) is 9.62. The summed E-state index contributed by atoms with van der Waals surface area (Å²) in [4.78, 5) is 27.6. The average Bonchev–Trinajstić information content (AvgIpc) is 2.75. The summed E-state index contributed by atoms with van der Waals surface area (Å²) >= 11 is 12.2. The molecule has 0 bridgehead atoms. The first-order valence-corrected chi connectivity index (χ1v) is 11.9. The number of rotatable bonds is 9. The number of hydrogen-bond acceptors (Lipinski definition) is 3. The van der Waals surface area contributed by atoms with Crippen LogP contribution in [0.4, 0.5) is 0 Å². The van der Waals surface area contributed by atoms with Crippen LogP contribution >= 0.6 is 23.2 Å². The number of carbonyl (C=O) groups excluding carboxylic acids is 2. The fourth-order valence-corrected chi connectivity index (χ4v) is 3.62. The van der Waals surface area contributed by atoms with E-state index in [1.54, 1.807) is 25.1 Å². The summed E-state index contributed by atoms with van der Waals surface area (Å²) in [5.74, 6) is 0.450. The van der Waals surface area contributed by atoms with Gasteiger partial charge in [-0.15, -0.1) is 0 Å². The Morgan fingerprint density at radius 2 is 1.70 bits per heavy atom. The molecule has 1 unspecified atom stereocenters. The maximum absolute atomic E-state index is 13.3. The Bertz CT molecular complexity index is 970. The highest BCUT2D eigenvalue weighted by molar-refractivity contribution is 6.42. The molecule has 0 aliphatic heterocycles. The largest absolute Gasteiger partial charge is 0.483 e. The molecule has 0 heterocycles. The molecular weight excluding hydrogens is 459 g/mol. The van der Waals surface area contributed by atoms with Crippen LogP contribution in [0.25, 0.3) is 0 Å². The Morgan fingerprint density at radius 3 is 2.30 bits per heavy atom. The number of nitrogens with one attached hydrogen (secondary N) is 1. The van der Waals surface area contributed by atoms with Gasteiger partial charge in [0.1, 0.15) is 11.8 Å². The van der Waals surface area contributed by atoms with Gasteiger partial charge in [0.15, 0.2) is 6.61 Å². The number of amides is 2. The lowest BCUT2D eigenvalue weighted by atomic mass is 9.86. The smallest absolute Gasteiger partial charge is 0.261 e. The molecule has 5 nitrogen and oxygen atoms in total. The molecule has 0 fully saturated rings. The summed E-state index contributed by atoms with van der Waals surface area (Å²) in [5, 5.41) is 3.74. The third-order valence-corrected chi connectivity index (χ3v) is 5.97. The molecule has 180 valence electrons. The van der Waals surface area contributed by atoms with E-state index in [-0.39, 0.29) is 30.4 Å². The van der Waals surface area contributed by atoms with E-state index in [4.69, 9.17) is 27.9 Å². The lowest BCUT2D eigenvalue weighted by Crippen LogP contribution is -2.49. The van der Waals surface area contributed by atoms with E-state index >= 15 is 0 Å². The van der Waals surface area contributed by atoms with E-state index in [1.165, 1.54) is 4.90 Å². The third-order valence-electron chi connectivity index (χ3n) is 5.23. The maximum atomic E-state index is 13.3. The molecule has 2 aromatic carbocycles. The Balaban J connectivity index is 2.24. The van der Waals surface area contributed by atoms with Gasteiger partial charge in [0.05, 0.1) is 10.0 Å². The zero-order valence-corrected chi connectivity index (χ0v) is 21.8. The predicted octanol–water partition coefficient (Wildman–Crippen LogP) is 5.86. The van der Waals surface area contributed by atoms with E-state index in [9.17, 15) is 9.59 Å². The van der Waals surface area contributed by atoms with Gasteiger partial charge < -0.3 is 15.0 Å². The lowest BCUT2D eigenvalue weighted by molar-refractivity contribution is -0.142. The van der Waals surface area contributed by atoms with Crippen molar-refractivity contribution in [2.75, 3.05) is 13.2 Å². The molecule has 2 rings (SSSR count). The van der Waals surface area contributed by atoms with Crippen LogP contribution < -0.4 is 10.1 Å². The van der Waals surface area contributed by atoms with Gasteiger partial charge >= 0.3 is 0 Å². The van der Waals surface area contributed by atoms with Gasteiger partial charge in [0.25, 0.3) is 5.91 Å². The summed E-state index contributed by atoms with van der Waals surface area (Å²) < 4.78 is 5.94. The molecule has 0 spiro atoms.